The van der Waals surface area contributed by atoms with Crippen LogP contribution in [0.2, 0.25) is 5.15 Å². The minimum Gasteiger partial charge on any atom is -0.394 e. The van der Waals surface area contributed by atoms with E-state index in [1.54, 1.807) is 0 Å². The van der Waals surface area contributed by atoms with Crippen molar-refractivity contribution in [2.75, 3.05) is 17.7 Å². The average Bonchev–Trinajstić information content (AvgIpc) is 2.41. The molecule has 0 fully saturated rings. The number of benzene rings is 1. The van der Waals surface area contributed by atoms with E-state index < -0.39 is 0 Å². The number of halogens is 1. The molecule has 0 aliphatic rings. The largest absolute Gasteiger partial charge is 0.394 e. The second-order valence-electron chi connectivity index (χ2n) is 3.72. The first-order valence-corrected chi connectivity index (χ1v) is 5.78. The van der Waals surface area contributed by atoms with Gasteiger partial charge in [-0.25, -0.2) is 9.97 Å². The summed E-state index contributed by atoms with van der Waals surface area (Å²) in [5, 5.41) is 12.7. The molecular formula is C12H13ClN4O. The van der Waals surface area contributed by atoms with Crippen LogP contribution in [0.4, 0.5) is 11.5 Å². The lowest BCUT2D eigenvalue weighted by Crippen LogP contribution is -2.16. The van der Waals surface area contributed by atoms with Gasteiger partial charge in [0.1, 0.15) is 12.0 Å². The first-order chi connectivity index (χ1) is 8.72. The molecule has 0 amide bonds. The van der Waals surface area contributed by atoms with Crippen molar-refractivity contribution in [1.29, 1.82) is 0 Å². The van der Waals surface area contributed by atoms with Gasteiger partial charge in [-0.15, -0.1) is 0 Å². The molecule has 5 nitrogen and oxygen atoms in total. The van der Waals surface area contributed by atoms with E-state index in [1.807, 2.05) is 30.3 Å². The highest BCUT2D eigenvalue weighted by molar-refractivity contribution is 6.32. The van der Waals surface area contributed by atoms with Crippen molar-refractivity contribution in [3.63, 3.8) is 0 Å². The number of nitrogens with two attached hydrogens (primary N) is 1. The van der Waals surface area contributed by atoms with Crippen LogP contribution in [0.1, 0.15) is 11.6 Å². The van der Waals surface area contributed by atoms with Crippen molar-refractivity contribution in [1.82, 2.24) is 9.97 Å². The molecule has 1 aromatic heterocycles. The molecular weight excluding hydrogens is 252 g/mol. The Hall–Kier alpha value is -1.85. The molecule has 1 heterocycles. The molecule has 2 aromatic rings. The standard InChI is InChI=1S/C12H13ClN4O/c13-11-10(14)12(16-7-15-11)17-9(6-18)8-4-2-1-3-5-8/h1-5,7,9,18H,6,14H2,(H,15,16,17)/t9-/m1/s1. The number of aliphatic hydroxyl groups is 1. The number of hydrogen-bond donors (Lipinski definition) is 3. The van der Waals surface area contributed by atoms with Gasteiger partial charge < -0.3 is 16.2 Å². The van der Waals surface area contributed by atoms with Crippen molar-refractivity contribution < 1.29 is 5.11 Å². The maximum absolute atomic E-state index is 9.42. The normalized spacial score (nSPS) is 12.1. The molecule has 1 aromatic carbocycles. The number of hydrogen-bond acceptors (Lipinski definition) is 5. The minimum absolute atomic E-state index is 0.0783. The van der Waals surface area contributed by atoms with Gasteiger partial charge in [0.05, 0.1) is 12.6 Å². The quantitative estimate of drug-likeness (QED) is 0.734. The molecule has 0 saturated carbocycles. The van der Waals surface area contributed by atoms with Crippen molar-refractivity contribution in [3.05, 3.63) is 47.4 Å². The Labute approximate surface area is 110 Å². The monoisotopic (exact) mass is 264 g/mol. The van der Waals surface area contributed by atoms with Crippen molar-refractivity contribution in [3.8, 4) is 0 Å². The Balaban J connectivity index is 2.24. The van der Waals surface area contributed by atoms with Gasteiger partial charge in [-0.05, 0) is 5.56 Å². The highest BCUT2D eigenvalue weighted by Gasteiger charge is 2.13. The number of rotatable bonds is 4. The van der Waals surface area contributed by atoms with E-state index in [1.165, 1.54) is 6.33 Å². The molecule has 0 spiro atoms. The predicted molar refractivity (Wildman–Crippen MR) is 71.3 cm³/mol. The van der Waals surface area contributed by atoms with Crippen molar-refractivity contribution in [2.45, 2.75) is 6.04 Å². The van der Waals surface area contributed by atoms with Crippen LogP contribution in [0.3, 0.4) is 0 Å². The fraction of sp³-hybridized carbons (Fsp3) is 0.167. The Kier molecular flexibility index (Phi) is 3.96. The van der Waals surface area contributed by atoms with Crippen LogP contribution in [-0.2, 0) is 0 Å². The highest BCUT2D eigenvalue weighted by Crippen LogP contribution is 2.25. The summed E-state index contributed by atoms with van der Waals surface area (Å²) in [5.41, 5.74) is 6.97. The maximum Gasteiger partial charge on any atom is 0.157 e. The van der Waals surface area contributed by atoms with Gasteiger partial charge in [-0.2, -0.15) is 0 Å². The highest BCUT2D eigenvalue weighted by atomic mass is 35.5. The Bertz CT molecular complexity index is 521. The van der Waals surface area contributed by atoms with Crippen LogP contribution < -0.4 is 11.1 Å². The summed E-state index contributed by atoms with van der Waals surface area (Å²) in [6.07, 6.45) is 1.32. The van der Waals surface area contributed by atoms with Crippen molar-refractivity contribution in [2.24, 2.45) is 0 Å². The fourth-order valence-corrected chi connectivity index (χ4v) is 1.71. The van der Waals surface area contributed by atoms with Gasteiger partial charge in [0.2, 0.25) is 0 Å². The fourth-order valence-electron chi connectivity index (χ4n) is 1.57. The Morgan fingerprint density at radius 2 is 2.00 bits per heavy atom. The zero-order chi connectivity index (χ0) is 13.0. The zero-order valence-corrected chi connectivity index (χ0v) is 10.3. The molecule has 0 radical (unpaired) electrons. The van der Waals surface area contributed by atoms with Gasteiger partial charge in [-0.3, -0.25) is 0 Å². The van der Waals surface area contributed by atoms with E-state index in [0.29, 0.717) is 5.82 Å². The molecule has 0 saturated heterocycles. The van der Waals surface area contributed by atoms with Crippen LogP contribution in [0.25, 0.3) is 0 Å². The van der Waals surface area contributed by atoms with Gasteiger partial charge in [0, 0.05) is 0 Å². The van der Waals surface area contributed by atoms with Gasteiger partial charge in [0.25, 0.3) is 0 Å². The lowest BCUT2D eigenvalue weighted by molar-refractivity contribution is 0.276. The van der Waals surface area contributed by atoms with E-state index in [-0.39, 0.29) is 23.5 Å². The number of anilines is 2. The van der Waals surface area contributed by atoms with E-state index in [2.05, 4.69) is 15.3 Å². The number of aromatic nitrogens is 2. The molecule has 18 heavy (non-hydrogen) atoms. The molecule has 0 unspecified atom stereocenters. The van der Waals surface area contributed by atoms with E-state index in [0.717, 1.165) is 5.56 Å². The van der Waals surface area contributed by atoms with Crippen LogP contribution >= 0.6 is 11.6 Å². The summed E-state index contributed by atoms with van der Waals surface area (Å²) >= 11 is 5.81. The molecule has 4 N–H and O–H groups in total. The molecule has 94 valence electrons. The predicted octanol–water partition coefficient (Wildman–Crippen LogP) is 1.86. The molecule has 6 heteroatoms. The molecule has 0 bridgehead atoms. The summed E-state index contributed by atoms with van der Waals surface area (Å²) in [6, 6.07) is 9.24. The minimum atomic E-state index is -0.292. The molecule has 0 aliphatic carbocycles. The lowest BCUT2D eigenvalue weighted by Gasteiger charge is -2.18. The zero-order valence-electron chi connectivity index (χ0n) is 9.55. The first kappa shape index (κ1) is 12.6. The Morgan fingerprint density at radius 1 is 1.28 bits per heavy atom. The number of nitrogens with zero attached hydrogens (tertiary/aromatic N) is 2. The topological polar surface area (TPSA) is 84.1 Å². The smallest absolute Gasteiger partial charge is 0.157 e. The molecule has 2 rings (SSSR count). The molecule has 0 aliphatic heterocycles. The summed E-state index contributed by atoms with van der Waals surface area (Å²) in [4.78, 5) is 7.78. The third-order valence-electron chi connectivity index (χ3n) is 2.53. The summed E-state index contributed by atoms with van der Waals surface area (Å²) < 4.78 is 0. The van der Waals surface area contributed by atoms with Gasteiger partial charge in [0.15, 0.2) is 11.0 Å². The first-order valence-electron chi connectivity index (χ1n) is 5.40. The third-order valence-corrected chi connectivity index (χ3v) is 2.83. The SMILES string of the molecule is Nc1c(Cl)ncnc1N[C@H](CO)c1ccccc1. The third kappa shape index (κ3) is 2.69. The van der Waals surface area contributed by atoms with Crippen molar-refractivity contribution >= 4 is 23.1 Å². The van der Waals surface area contributed by atoms with Crippen LogP contribution in [0.15, 0.2) is 36.7 Å². The van der Waals surface area contributed by atoms with Gasteiger partial charge >= 0.3 is 0 Å². The number of aliphatic hydroxyl groups excluding tert-OH is 1. The number of nitrogens with one attached hydrogen (secondary N) is 1. The number of nitrogen functional groups attached to an aromatic ring is 1. The summed E-state index contributed by atoms with van der Waals surface area (Å²) in [6.45, 7) is -0.0783. The van der Waals surface area contributed by atoms with Crippen LogP contribution in [0, 0.1) is 0 Å². The summed E-state index contributed by atoms with van der Waals surface area (Å²) in [7, 11) is 0. The van der Waals surface area contributed by atoms with E-state index in [9.17, 15) is 5.11 Å². The molecule has 1 atom stereocenters. The van der Waals surface area contributed by atoms with Gasteiger partial charge in [-0.1, -0.05) is 41.9 Å². The van der Waals surface area contributed by atoms with Crippen LogP contribution in [-0.4, -0.2) is 21.7 Å². The van der Waals surface area contributed by atoms with Crippen LogP contribution in [0.5, 0.6) is 0 Å². The second kappa shape index (κ2) is 5.66. The van der Waals surface area contributed by atoms with E-state index in [4.69, 9.17) is 17.3 Å². The average molecular weight is 265 g/mol. The summed E-state index contributed by atoms with van der Waals surface area (Å²) in [5.74, 6) is 0.415. The second-order valence-corrected chi connectivity index (χ2v) is 4.07. The Morgan fingerprint density at radius 3 is 2.67 bits per heavy atom. The maximum atomic E-state index is 9.42. The van der Waals surface area contributed by atoms with E-state index >= 15 is 0 Å². The lowest BCUT2D eigenvalue weighted by atomic mass is 10.1.